The molecule has 3 N–H and O–H groups in total. The number of ether oxygens (including phenoxy) is 3. The number of hydrogen-bond acceptors (Lipinski definition) is 6. The van der Waals surface area contributed by atoms with Crippen LogP contribution in [0, 0.1) is 0 Å². The Bertz CT molecular complexity index is 952. The molecule has 0 heterocycles. The van der Waals surface area contributed by atoms with Crippen molar-refractivity contribution in [1.82, 2.24) is 0 Å². The monoisotopic (exact) mass is 450 g/mol. The Morgan fingerprint density at radius 2 is 0.727 bits per heavy atom. The molecule has 1 saturated carbocycles. The Morgan fingerprint density at radius 1 is 0.424 bits per heavy atom. The quantitative estimate of drug-likeness (QED) is 0.465. The summed E-state index contributed by atoms with van der Waals surface area (Å²) in [4.78, 5) is 0. The molecular formula is C27H30O6. The standard InChI is InChI=1S/C27H30O6/c28-22-23(29)26(32-17-20-12-6-2-7-13-20)27(33-18-21-14-8-3-9-15-21)24(30)25(22)31-16-19-10-4-1-5-11-19/h1-15,22-30H,16-18H2/t22-,23+,24-,25+,26+,27+/m1/s1. The van der Waals surface area contributed by atoms with E-state index in [1.54, 1.807) is 0 Å². The third kappa shape index (κ3) is 6.06. The SMILES string of the molecule is O[C@@H]1[C@H](O)[C@H](OCc2ccccc2)[C@@H](OCc2ccccc2)[C@H](O)[C@H]1OCc1ccccc1. The summed E-state index contributed by atoms with van der Waals surface area (Å²) < 4.78 is 17.9. The van der Waals surface area contributed by atoms with Crippen LogP contribution < -0.4 is 0 Å². The van der Waals surface area contributed by atoms with Crippen LogP contribution in [0.5, 0.6) is 0 Å². The molecule has 6 atom stereocenters. The highest BCUT2D eigenvalue weighted by molar-refractivity contribution is 5.16. The Kier molecular flexibility index (Phi) is 8.23. The lowest BCUT2D eigenvalue weighted by atomic mass is 9.84. The van der Waals surface area contributed by atoms with E-state index in [9.17, 15) is 15.3 Å². The first-order valence-electron chi connectivity index (χ1n) is 11.1. The first-order chi connectivity index (χ1) is 16.1. The zero-order chi connectivity index (χ0) is 23.0. The average molecular weight is 451 g/mol. The maximum Gasteiger partial charge on any atom is 0.115 e. The molecule has 1 aliphatic carbocycles. The molecule has 6 heteroatoms. The van der Waals surface area contributed by atoms with Gasteiger partial charge in [0.1, 0.15) is 36.6 Å². The van der Waals surface area contributed by atoms with Crippen molar-refractivity contribution in [3.05, 3.63) is 108 Å². The Balaban J connectivity index is 1.49. The van der Waals surface area contributed by atoms with Crippen LogP contribution in [0.3, 0.4) is 0 Å². The molecule has 174 valence electrons. The van der Waals surface area contributed by atoms with Gasteiger partial charge in [-0.2, -0.15) is 0 Å². The molecule has 6 nitrogen and oxygen atoms in total. The van der Waals surface area contributed by atoms with E-state index in [0.717, 1.165) is 16.7 Å². The molecule has 0 spiro atoms. The van der Waals surface area contributed by atoms with Crippen LogP contribution in [0.4, 0.5) is 0 Å². The van der Waals surface area contributed by atoms with Crippen LogP contribution in [0.25, 0.3) is 0 Å². The van der Waals surface area contributed by atoms with Crippen molar-refractivity contribution in [2.24, 2.45) is 0 Å². The van der Waals surface area contributed by atoms with Crippen molar-refractivity contribution < 1.29 is 29.5 Å². The van der Waals surface area contributed by atoms with Gasteiger partial charge < -0.3 is 29.5 Å². The second-order valence-electron chi connectivity index (χ2n) is 8.26. The van der Waals surface area contributed by atoms with Crippen LogP contribution in [-0.2, 0) is 34.0 Å². The van der Waals surface area contributed by atoms with Gasteiger partial charge in [0.15, 0.2) is 0 Å². The summed E-state index contributed by atoms with van der Waals surface area (Å²) in [5.74, 6) is 0. The lowest BCUT2D eigenvalue weighted by molar-refractivity contribution is -0.262. The highest BCUT2D eigenvalue weighted by atomic mass is 16.6. The summed E-state index contributed by atoms with van der Waals surface area (Å²) in [5.41, 5.74) is 2.74. The smallest absolute Gasteiger partial charge is 0.115 e. The van der Waals surface area contributed by atoms with Gasteiger partial charge in [0.25, 0.3) is 0 Å². The maximum atomic E-state index is 11.1. The van der Waals surface area contributed by atoms with E-state index in [4.69, 9.17) is 14.2 Å². The molecule has 4 rings (SSSR count). The van der Waals surface area contributed by atoms with Crippen LogP contribution in [0.2, 0.25) is 0 Å². The fraction of sp³-hybridized carbons (Fsp3) is 0.333. The van der Waals surface area contributed by atoms with Gasteiger partial charge in [-0.3, -0.25) is 0 Å². The highest BCUT2D eigenvalue weighted by Gasteiger charge is 2.51. The van der Waals surface area contributed by atoms with Gasteiger partial charge in [0, 0.05) is 0 Å². The second kappa shape index (κ2) is 11.5. The zero-order valence-electron chi connectivity index (χ0n) is 18.3. The van der Waals surface area contributed by atoms with E-state index in [1.807, 2.05) is 91.0 Å². The van der Waals surface area contributed by atoms with Crippen molar-refractivity contribution in [1.29, 1.82) is 0 Å². The number of aliphatic hydroxyl groups is 3. The topological polar surface area (TPSA) is 88.4 Å². The normalized spacial score (nSPS) is 27.4. The molecule has 3 aromatic rings. The molecule has 0 bridgehead atoms. The van der Waals surface area contributed by atoms with Gasteiger partial charge in [0.05, 0.1) is 19.8 Å². The molecule has 0 amide bonds. The average Bonchev–Trinajstić information content (AvgIpc) is 2.86. The minimum absolute atomic E-state index is 0.188. The summed E-state index contributed by atoms with van der Waals surface area (Å²) >= 11 is 0. The third-order valence-electron chi connectivity index (χ3n) is 5.88. The molecule has 33 heavy (non-hydrogen) atoms. The Morgan fingerprint density at radius 3 is 1.12 bits per heavy atom. The van der Waals surface area contributed by atoms with Crippen molar-refractivity contribution in [2.75, 3.05) is 0 Å². The van der Waals surface area contributed by atoms with E-state index in [0.29, 0.717) is 0 Å². The first kappa shape index (κ1) is 23.6. The molecule has 3 aromatic carbocycles. The lowest BCUT2D eigenvalue weighted by Gasteiger charge is -2.45. The van der Waals surface area contributed by atoms with Gasteiger partial charge >= 0.3 is 0 Å². The van der Waals surface area contributed by atoms with E-state index in [1.165, 1.54) is 0 Å². The minimum atomic E-state index is -1.33. The predicted molar refractivity (Wildman–Crippen MR) is 123 cm³/mol. The molecule has 0 aromatic heterocycles. The van der Waals surface area contributed by atoms with E-state index < -0.39 is 36.6 Å². The molecule has 0 aliphatic heterocycles. The number of benzene rings is 3. The molecule has 0 unspecified atom stereocenters. The maximum absolute atomic E-state index is 11.1. The number of rotatable bonds is 9. The van der Waals surface area contributed by atoms with Gasteiger partial charge in [-0.1, -0.05) is 91.0 Å². The van der Waals surface area contributed by atoms with Gasteiger partial charge in [0.2, 0.25) is 0 Å². The second-order valence-corrected chi connectivity index (χ2v) is 8.26. The lowest BCUT2D eigenvalue weighted by Crippen LogP contribution is -2.65. The summed E-state index contributed by atoms with van der Waals surface area (Å²) in [5, 5.41) is 32.8. The van der Waals surface area contributed by atoms with Crippen molar-refractivity contribution in [2.45, 2.75) is 56.4 Å². The third-order valence-corrected chi connectivity index (χ3v) is 5.88. The van der Waals surface area contributed by atoms with Crippen LogP contribution in [0.1, 0.15) is 16.7 Å². The minimum Gasteiger partial charge on any atom is -0.387 e. The van der Waals surface area contributed by atoms with Gasteiger partial charge in [-0.25, -0.2) is 0 Å². The van der Waals surface area contributed by atoms with Crippen LogP contribution in [0.15, 0.2) is 91.0 Å². The van der Waals surface area contributed by atoms with Crippen molar-refractivity contribution in [3.63, 3.8) is 0 Å². The fourth-order valence-electron chi connectivity index (χ4n) is 4.05. The van der Waals surface area contributed by atoms with Crippen molar-refractivity contribution >= 4 is 0 Å². The number of hydrogen-bond donors (Lipinski definition) is 3. The largest absolute Gasteiger partial charge is 0.387 e. The Hall–Kier alpha value is -2.58. The Labute approximate surface area is 194 Å². The fourth-order valence-corrected chi connectivity index (χ4v) is 4.05. The van der Waals surface area contributed by atoms with Crippen molar-refractivity contribution in [3.8, 4) is 0 Å². The molecule has 1 fully saturated rings. The van der Waals surface area contributed by atoms with E-state index in [2.05, 4.69) is 0 Å². The number of aliphatic hydroxyl groups excluding tert-OH is 3. The van der Waals surface area contributed by atoms with Crippen LogP contribution in [-0.4, -0.2) is 51.9 Å². The molecule has 1 aliphatic rings. The zero-order valence-corrected chi connectivity index (χ0v) is 18.3. The van der Waals surface area contributed by atoms with E-state index >= 15 is 0 Å². The highest BCUT2D eigenvalue weighted by Crippen LogP contribution is 2.30. The summed E-state index contributed by atoms with van der Waals surface area (Å²) in [7, 11) is 0. The van der Waals surface area contributed by atoms with E-state index in [-0.39, 0.29) is 19.8 Å². The van der Waals surface area contributed by atoms with Gasteiger partial charge in [-0.05, 0) is 16.7 Å². The predicted octanol–water partition coefficient (Wildman–Crippen LogP) is 2.84. The molecular weight excluding hydrogens is 420 g/mol. The summed E-state index contributed by atoms with van der Waals surface area (Å²) in [6.45, 7) is 0.623. The molecule has 0 radical (unpaired) electrons. The molecule has 0 saturated heterocycles. The first-order valence-corrected chi connectivity index (χ1v) is 11.1. The van der Waals surface area contributed by atoms with Crippen LogP contribution >= 0.6 is 0 Å². The summed E-state index contributed by atoms with van der Waals surface area (Å²) in [6.07, 6.45) is -6.68. The summed E-state index contributed by atoms with van der Waals surface area (Å²) in [6, 6.07) is 28.6. The van der Waals surface area contributed by atoms with Gasteiger partial charge in [-0.15, -0.1) is 0 Å².